The van der Waals surface area contributed by atoms with Crippen molar-refractivity contribution in [2.75, 3.05) is 0 Å². The standard InChI is InChI=1S/C22H22ClN3OS/c1-15-13-18(16(2)26(15)20-11-9-19(23)10-12-20)14-24-25-22(27)17(3)28-21-7-5-4-6-8-21/h4-14,17H,1-3H3,(H,25,27)/b24-14-/t17-/m1/s1. The van der Waals surface area contributed by atoms with E-state index in [-0.39, 0.29) is 11.2 Å². The molecule has 0 aliphatic heterocycles. The van der Waals surface area contributed by atoms with E-state index in [9.17, 15) is 4.79 Å². The summed E-state index contributed by atoms with van der Waals surface area (Å²) in [4.78, 5) is 13.3. The largest absolute Gasteiger partial charge is 0.318 e. The van der Waals surface area contributed by atoms with Crippen molar-refractivity contribution in [1.82, 2.24) is 9.99 Å². The van der Waals surface area contributed by atoms with E-state index in [1.165, 1.54) is 11.8 Å². The Morgan fingerprint density at radius 2 is 1.82 bits per heavy atom. The fraction of sp³-hybridized carbons (Fsp3) is 0.182. The lowest BCUT2D eigenvalue weighted by Crippen LogP contribution is -2.26. The van der Waals surface area contributed by atoms with E-state index in [1.807, 2.05) is 81.4 Å². The molecular formula is C22H22ClN3OS. The van der Waals surface area contributed by atoms with Crippen LogP contribution in [-0.4, -0.2) is 21.9 Å². The van der Waals surface area contributed by atoms with Gasteiger partial charge in [-0.15, -0.1) is 11.8 Å². The fourth-order valence-corrected chi connectivity index (χ4v) is 3.93. The van der Waals surface area contributed by atoms with Gasteiger partial charge in [-0.3, -0.25) is 4.79 Å². The van der Waals surface area contributed by atoms with Gasteiger partial charge in [0.25, 0.3) is 5.91 Å². The van der Waals surface area contributed by atoms with Gasteiger partial charge in [0.05, 0.1) is 11.5 Å². The van der Waals surface area contributed by atoms with Crippen molar-refractivity contribution in [1.29, 1.82) is 0 Å². The van der Waals surface area contributed by atoms with E-state index < -0.39 is 0 Å². The zero-order valence-corrected chi connectivity index (χ0v) is 17.6. The van der Waals surface area contributed by atoms with Gasteiger partial charge < -0.3 is 4.57 Å². The number of hydrogen-bond donors (Lipinski definition) is 1. The van der Waals surface area contributed by atoms with Crippen LogP contribution in [0.2, 0.25) is 5.02 Å². The maximum atomic E-state index is 12.3. The highest BCUT2D eigenvalue weighted by molar-refractivity contribution is 8.00. The molecule has 1 amide bonds. The van der Waals surface area contributed by atoms with Gasteiger partial charge in [0, 0.05) is 32.6 Å². The highest BCUT2D eigenvalue weighted by atomic mass is 35.5. The Bertz CT molecular complexity index is 981. The third-order valence-corrected chi connectivity index (χ3v) is 5.72. The molecule has 2 aromatic carbocycles. The quantitative estimate of drug-likeness (QED) is 0.336. The summed E-state index contributed by atoms with van der Waals surface area (Å²) in [7, 11) is 0. The lowest BCUT2D eigenvalue weighted by Gasteiger charge is -2.10. The van der Waals surface area contributed by atoms with Crippen LogP contribution in [0.1, 0.15) is 23.9 Å². The van der Waals surface area contributed by atoms with Crippen LogP contribution in [-0.2, 0) is 4.79 Å². The number of carbonyl (C=O) groups is 1. The van der Waals surface area contributed by atoms with E-state index >= 15 is 0 Å². The average Bonchev–Trinajstić information content (AvgIpc) is 2.97. The lowest BCUT2D eigenvalue weighted by molar-refractivity contribution is -0.120. The Hall–Kier alpha value is -2.50. The molecule has 3 rings (SSSR count). The first-order valence-electron chi connectivity index (χ1n) is 8.95. The van der Waals surface area contributed by atoms with Gasteiger partial charge in [0.15, 0.2) is 0 Å². The molecule has 4 nitrogen and oxygen atoms in total. The molecule has 1 aromatic heterocycles. The minimum atomic E-state index is -0.235. The number of nitrogens with one attached hydrogen (secondary N) is 1. The van der Waals surface area contributed by atoms with Crippen molar-refractivity contribution in [3.05, 3.63) is 82.6 Å². The molecule has 3 aromatic rings. The molecule has 0 aliphatic rings. The topological polar surface area (TPSA) is 46.4 Å². The molecule has 28 heavy (non-hydrogen) atoms. The third-order valence-electron chi connectivity index (χ3n) is 4.36. The molecular weight excluding hydrogens is 390 g/mol. The second-order valence-corrected chi connectivity index (χ2v) is 8.30. The Morgan fingerprint density at radius 1 is 1.14 bits per heavy atom. The van der Waals surface area contributed by atoms with Crippen LogP contribution >= 0.6 is 23.4 Å². The first-order valence-corrected chi connectivity index (χ1v) is 10.2. The summed E-state index contributed by atoms with van der Waals surface area (Å²) in [5, 5.41) is 4.63. The van der Waals surface area contributed by atoms with Gasteiger partial charge in [-0.05, 0) is 63.2 Å². The molecule has 6 heteroatoms. The predicted octanol–water partition coefficient (Wildman–Crippen LogP) is 5.38. The molecule has 144 valence electrons. The van der Waals surface area contributed by atoms with E-state index in [0.29, 0.717) is 5.02 Å². The van der Waals surface area contributed by atoms with Crippen molar-refractivity contribution in [2.45, 2.75) is 30.9 Å². The zero-order valence-electron chi connectivity index (χ0n) is 16.0. The number of aromatic nitrogens is 1. The maximum absolute atomic E-state index is 12.3. The minimum absolute atomic E-state index is 0.128. The molecule has 1 heterocycles. The first kappa shape index (κ1) is 20.2. The summed E-state index contributed by atoms with van der Waals surface area (Å²) >= 11 is 7.49. The number of amides is 1. The third kappa shape index (κ3) is 4.86. The number of rotatable bonds is 6. The molecule has 0 unspecified atom stereocenters. The Morgan fingerprint density at radius 3 is 2.50 bits per heavy atom. The van der Waals surface area contributed by atoms with E-state index in [0.717, 1.165) is 27.5 Å². The van der Waals surface area contributed by atoms with E-state index in [1.54, 1.807) is 6.21 Å². The van der Waals surface area contributed by atoms with Crippen LogP contribution in [0.4, 0.5) is 0 Å². The van der Waals surface area contributed by atoms with Crippen molar-refractivity contribution >= 4 is 35.5 Å². The first-order chi connectivity index (χ1) is 13.5. The molecule has 0 aliphatic carbocycles. The lowest BCUT2D eigenvalue weighted by atomic mass is 10.2. The highest BCUT2D eigenvalue weighted by Gasteiger charge is 2.14. The molecule has 0 saturated heterocycles. The second-order valence-electron chi connectivity index (χ2n) is 6.45. The summed E-state index contributed by atoms with van der Waals surface area (Å²) < 4.78 is 2.13. The highest BCUT2D eigenvalue weighted by Crippen LogP contribution is 2.23. The van der Waals surface area contributed by atoms with E-state index in [2.05, 4.69) is 15.1 Å². The number of hydrogen-bond acceptors (Lipinski definition) is 3. The summed E-state index contributed by atoms with van der Waals surface area (Å²) in [5.41, 5.74) is 6.76. The summed E-state index contributed by atoms with van der Waals surface area (Å²) in [5.74, 6) is -0.128. The van der Waals surface area contributed by atoms with Crippen LogP contribution in [0.3, 0.4) is 0 Å². The Labute approximate surface area is 174 Å². The number of hydrazone groups is 1. The van der Waals surface area contributed by atoms with Gasteiger partial charge in [0.1, 0.15) is 0 Å². The molecule has 1 atom stereocenters. The Kier molecular flexibility index (Phi) is 6.60. The summed E-state index contributed by atoms with van der Waals surface area (Å²) in [6.07, 6.45) is 1.69. The van der Waals surface area contributed by atoms with Crippen LogP contribution in [0, 0.1) is 13.8 Å². The predicted molar refractivity (Wildman–Crippen MR) is 118 cm³/mol. The molecule has 1 N–H and O–H groups in total. The zero-order chi connectivity index (χ0) is 20.1. The van der Waals surface area contributed by atoms with Gasteiger partial charge in [-0.25, -0.2) is 5.43 Å². The van der Waals surface area contributed by atoms with Crippen molar-refractivity contribution < 1.29 is 4.79 Å². The van der Waals surface area contributed by atoms with Crippen LogP contribution in [0.5, 0.6) is 0 Å². The number of thioether (sulfide) groups is 1. The number of aryl methyl sites for hydroxylation is 1. The van der Waals surface area contributed by atoms with Gasteiger partial charge in [0.2, 0.25) is 0 Å². The molecule has 0 radical (unpaired) electrons. The van der Waals surface area contributed by atoms with Crippen LogP contribution < -0.4 is 5.43 Å². The number of benzene rings is 2. The Balaban J connectivity index is 1.67. The molecule has 0 fully saturated rings. The van der Waals surface area contributed by atoms with Crippen molar-refractivity contribution in [3.63, 3.8) is 0 Å². The molecule has 0 spiro atoms. The van der Waals surface area contributed by atoms with Gasteiger partial charge in [-0.1, -0.05) is 29.8 Å². The van der Waals surface area contributed by atoms with Gasteiger partial charge >= 0.3 is 0 Å². The van der Waals surface area contributed by atoms with Crippen LogP contribution in [0.15, 0.2) is 70.7 Å². The molecule has 0 bridgehead atoms. The number of carbonyl (C=O) groups excluding carboxylic acids is 1. The minimum Gasteiger partial charge on any atom is -0.318 e. The maximum Gasteiger partial charge on any atom is 0.253 e. The number of nitrogens with zero attached hydrogens (tertiary/aromatic N) is 2. The summed E-state index contributed by atoms with van der Waals surface area (Å²) in [6.45, 7) is 5.93. The molecule has 0 saturated carbocycles. The fourth-order valence-electron chi connectivity index (χ4n) is 2.92. The van der Waals surface area contributed by atoms with E-state index in [4.69, 9.17) is 11.6 Å². The smallest absolute Gasteiger partial charge is 0.253 e. The number of halogens is 1. The monoisotopic (exact) mass is 411 g/mol. The van der Waals surface area contributed by atoms with Crippen molar-refractivity contribution in [3.8, 4) is 5.69 Å². The van der Waals surface area contributed by atoms with Crippen LogP contribution in [0.25, 0.3) is 5.69 Å². The summed E-state index contributed by atoms with van der Waals surface area (Å²) in [6, 6.07) is 19.6. The van der Waals surface area contributed by atoms with Crippen molar-refractivity contribution in [2.24, 2.45) is 5.10 Å². The normalized spacial score (nSPS) is 12.3. The second kappa shape index (κ2) is 9.13. The average molecular weight is 412 g/mol. The SMILES string of the molecule is Cc1cc(/C=N\NC(=O)[C@@H](C)Sc2ccccc2)c(C)n1-c1ccc(Cl)cc1. The van der Waals surface area contributed by atoms with Gasteiger partial charge in [-0.2, -0.15) is 5.10 Å².